The van der Waals surface area contributed by atoms with Gasteiger partial charge in [0, 0.05) is 25.4 Å². The lowest BCUT2D eigenvalue weighted by molar-refractivity contribution is -0.129. The van der Waals surface area contributed by atoms with Crippen LogP contribution in [0.4, 0.5) is 0 Å². The van der Waals surface area contributed by atoms with Crippen LogP contribution in [0.5, 0.6) is 0 Å². The van der Waals surface area contributed by atoms with Gasteiger partial charge in [0.05, 0.1) is 5.52 Å². The van der Waals surface area contributed by atoms with Crippen LogP contribution in [0, 0.1) is 0 Å². The molecule has 0 radical (unpaired) electrons. The van der Waals surface area contributed by atoms with Gasteiger partial charge in [-0.1, -0.05) is 36.4 Å². The number of benzene rings is 2. The Morgan fingerprint density at radius 2 is 1.96 bits per heavy atom. The third-order valence-electron chi connectivity index (χ3n) is 4.83. The topological polar surface area (TPSA) is 50.3 Å². The second-order valence-electron chi connectivity index (χ2n) is 6.40. The molecule has 124 valence electrons. The van der Waals surface area contributed by atoms with Crippen molar-refractivity contribution in [1.82, 2.24) is 9.88 Å². The maximum atomic E-state index is 11.6. The fourth-order valence-corrected chi connectivity index (χ4v) is 3.48. The lowest BCUT2D eigenvalue weighted by Crippen LogP contribution is -2.34. The summed E-state index contributed by atoms with van der Waals surface area (Å²) in [7, 11) is 0. The Morgan fingerprint density at radius 1 is 1.12 bits per heavy atom. The number of aldehydes is 1. The molecule has 4 heteroatoms. The Bertz CT molecular complexity index is 994. The summed E-state index contributed by atoms with van der Waals surface area (Å²) >= 11 is 0. The average Bonchev–Trinajstić information content (AvgIpc) is 2.66. The van der Waals surface area contributed by atoms with Crippen LogP contribution in [0.3, 0.4) is 0 Å². The van der Waals surface area contributed by atoms with Crippen LogP contribution in [-0.4, -0.2) is 28.6 Å². The van der Waals surface area contributed by atoms with Gasteiger partial charge in [0.1, 0.15) is 5.69 Å². The molecule has 0 saturated carbocycles. The van der Waals surface area contributed by atoms with Crippen LogP contribution < -0.4 is 0 Å². The lowest BCUT2D eigenvalue weighted by atomic mass is 9.93. The minimum Gasteiger partial charge on any atom is -0.338 e. The maximum Gasteiger partial charge on any atom is 0.219 e. The molecule has 1 aliphatic heterocycles. The molecule has 25 heavy (non-hydrogen) atoms. The maximum absolute atomic E-state index is 11.6. The van der Waals surface area contributed by atoms with E-state index in [0.717, 1.165) is 41.3 Å². The molecule has 4 nitrogen and oxygen atoms in total. The van der Waals surface area contributed by atoms with Gasteiger partial charge in [0.15, 0.2) is 6.29 Å². The molecular weight excluding hydrogens is 312 g/mol. The minimum atomic E-state index is 0.116. The van der Waals surface area contributed by atoms with Gasteiger partial charge in [0.2, 0.25) is 5.91 Å². The molecule has 2 aromatic carbocycles. The van der Waals surface area contributed by atoms with Crippen LogP contribution in [-0.2, 0) is 17.8 Å². The van der Waals surface area contributed by atoms with Crippen molar-refractivity contribution in [3.05, 3.63) is 65.4 Å². The van der Waals surface area contributed by atoms with Gasteiger partial charge in [-0.25, -0.2) is 4.98 Å². The average molecular weight is 330 g/mol. The van der Waals surface area contributed by atoms with Gasteiger partial charge in [-0.15, -0.1) is 0 Å². The van der Waals surface area contributed by atoms with E-state index >= 15 is 0 Å². The highest BCUT2D eigenvalue weighted by atomic mass is 16.2. The standard InChI is InChI=1S/C21H18N2O2/c1-14(25)23-9-8-15-10-16(6-7-17(15)12-23)20-11-18(13-24)22-21-5-3-2-4-19(20)21/h2-7,10-11,13H,8-9,12H2,1H3. The number of fused-ring (bicyclic) bond motifs is 2. The van der Waals surface area contributed by atoms with E-state index in [0.29, 0.717) is 12.2 Å². The predicted molar refractivity (Wildman–Crippen MR) is 97.4 cm³/mol. The van der Waals surface area contributed by atoms with Crippen molar-refractivity contribution in [2.75, 3.05) is 6.54 Å². The Labute approximate surface area is 146 Å². The number of hydrogen-bond acceptors (Lipinski definition) is 3. The molecule has 1 aromatic heterocycles. The molecule has 1 amide bonds. The summed E-state index contributed by atoms with van der Waals surface area (Å²) in [5.41, 5.74) is 5.82. The summed E-state index contributed by atoms with van der Waals surface area (Å²) in [4.78, 5) is 29.1. The molecular formula is C21H18N2O2. The normalized spacial score (nSPS) is 13.6. The van der Waals surface area contributed by atoms with Crippen LogP contribution >= 0.6 is 0 Å². The van der Waals surface area contributed by atoms with Crippen LogP contribution in [0.25, 0.3) is 22.0 Å². The zero-order valence-electron chi connectivity index (χ0n) is 14.0. The summed E-state index contributed by atoms with van der Waals surface area (Å²) in [5, 5.41) is 1.04. The number of rotatable bonds is 2. The van der Waals surface area contributed by atoms with Crippen molar-refractivity contribution in [2.45, 2.75) is 19.9 Å². The van der Waals surface area contributed by atoms with Crippen molar-refractivity contribution in [3.8, 4) is 11.1 Å². The molecule has 0 bridgehead atoms. The Kier molecular flexibility index (Phi) is 3.80. The first-order valence-corrected chi connectivity index (χ1v) is 8.38. The molecule has 4 rings (SSSR count). The largest absolute Gasteiger partial charge is 0.338 e. The fourth-order valence-electron chi connectivity index (χ4n) is 3.48. The van der Waals surface area contributed by atoms with Crippen molar-refractivity contribution >= 4 is 23.1 Å². The molecule has 0 N–H and O–H groups in total. The number of pyridine rings is 1. The van der Waals surface area contributed by atoms with Gasteiger partial charge < -0.3 is 4.90 Å². The quantitative estimate of drug-likeness (QED) is 0.674. The predicted octanol–water partition coefficient (Wildman–Crippen LogP) is 3.62. The minimum absolute atomic E-state index is 0.116. The summed E-state index contributed by atoms with van der Waals surface area (Å²) in [6, 6.07) is 16.1. The monoisotopic (exact) mass is 330 g/mol. The van der Waals surface area contributed by atoms with E-state index in [4.69, 9.17) is 0 Å². The molecule has 0 aliphatic carbocycles. The zero-order chi connectivity index (χ0) is 17.4. The number of aromatic nitrogens is 1. The third-order valence-corrected chi connectivity index (χ3v) is 4.83. The van der Waals surface area contributed by atoms with Crippen LogP contribution in [0.1, 0.15) is 28.5 Å². The van der Waals surface area contributed by atoms with Gasteiger partial charge in [0.25, 0.3) is 0 Å². The number of amides is 1. The Morgan fingerprint density at radius 3 is 2.76 bits per heavy atom. The molecule has 3 aromatic rings. The first-order chi connectivity index (χ1) is 12.2. The molecule has 0 fully saturated rings. The van der Waals surface area contributed by atoms with Crippen LogP contribution in [0.2, 0.25) is 0 Å². The Hall–Kier alpha value is -3.01. The van der Waals surface area contributed by atoms with Crippen LogP contribution in [0.15, 0.2) is 48.5 Å². The van der Waals surface area contributed by atoms with E-state index in [1.807, 2.05) is 35.2 Å². The van der Waals surface area contributed by atoms with E-state index in [1.54, 1.807) is 6.92 Å². The highest BCUT2D eigenvalue weighted by Crippen LogP contribution is 2.31. The van der Waals surface area contributed by atoms with Crippen molar-refractivity contribution in [3.63, 3.8) is 0 Å². The highest BCUT2D eigenvalue weighted by Gasteiger charge is 2.19. The highest BCUT2D eigenvalue weighted by molar-refractivity contribution is 5.97. The second-order valence-corrected chi connectivity index (χ2v) is 6.40. The van der Waals surface area contributed by atoms with E-state index in [2.05, 4.69) is 23.2 Å². The smallest absolute Gasteiger partial charge is 0.219 e. The summed E-state index contributed by atoms with van der Waals surface area (Å²) in [6.07, 6.45) is 1.64. The van der Waals surface area contributed by atoms with Crippen molar-refractivity contribution in [2.24, 2.45) is 0 Å². The fraction of sp³-hybridized carbons (Fsp3) is 0.190. The Balaban J connectivity index is 1.82. The molecule has 0 atom stereocenters. The number of carbonyl (C=O) groups excluding carboxylic acids is 2. The summed E-state index contributed by atoms with van der Waals surface area (Å²) in [5.74, 6) is 0.116. The van der Waals surface area contributed by atoms with E-state index < -0.39 is 0 Å². The van der Waals surface area contributed by atoms with Crippen molar-refractivity contribution in [1.29, 1.82) is 0 Å². The SMILES string of the molecule is CC(=O)N1CCc2cc(-c3cc(C=O)nc4ccccc34)ccc2C1. The number of hydrogen-bond donors (Lipinski definition) is 0. The first kappa shape index (κ1) is 15.5. The van der Waals surface area contributed by atoms with Gasteiger partial charge in [-0.05, 0) is 40.8 Å². The van der Waals surface area contributed by atoms with Gasteiger partial charge in [-0.2, -0.15) is 0 Å². The number of nitrogens with zero attached hydrogens (tertiary/aromatic N) is 2. The molecule has 0 spiro atoms. The van der Waals surface area contributed by atoms with Gasteiger partial charge >= 0.3 is 0 Å². The van der Waals surface area contributed by atoms with E-state index in [-0.39, 0.29) is 5.91 Å². The van der Waals surface area contributed by atoms with E-state index in [1.165, 1.54) is 11.1 Å². The molecule has 0 unspecified atom stereocenters. The van der Waals surface area contributed by atoms with Crippen molar-refractivity contribution < 1.29 is 9.59 Å². The lowest BCUT2D eigenvalue weighted by Gasteiger charge is -2.28. The molecule has 2 heterocycles. The third kappa shape index (κ3) is 2.80. The first-order valence-electron chi connectivity index (χ1n) is 8.38. The summed E-state index contributed by atoms with van der Waals surface area (Å²) in [6.45, 7) is 3.04. The number of para-hydroxylation sites is 1. The number of carbonyl (C=O) groups is 2. The second kappa shape index (κ2) is 6.13. The van der Waals surface area contributed by atoms with E-state index in [9.17, 15) is 9.59 Å². The summed E-state index contributed by atoms with van der Waals surface area (Å²) < 4.78 is 0. The zero-order valence-corrected chi connectivity index (χ0v) is 14.0. The molecule has 1 aliphatic rings. The molecule has 0 saturated heterocycles. The van der Waals surface area contributed by atoms with Gasteiger partial charge in [-0.3, -0.25) is 9.59 Å².